The largest absolute Gasteiger partial charge is 0.493 e. The molecule has 2 heterocycles. The maximum atomic E-state index is 6.18. The van der Waals surface area contributed by atoms with Crippen molar-refractivity contribution in [3.63, 3.8) is 0 Å². The molecule has 108 valence electrons. The van der Waals surface area contributed by atoms with E-state index in [1.807, 2.05) is 12.1 Å². The normalized spacial score (nSPS) is 15.8. The number of nitrogen functional groups attached to an aromatic ring is 1. The second-order valence-electron chi connectivity index (χ2n) is 5.68. The minimum Gasteiger partial charge on any atom is -0.493 e. The second kappa shape index (κ2) is 4.95. The first-order chi connectivity index (χ1) is 10.2. The highest BCUT2D eigenvalue weighted by Gasteiger charge is 2.24. The molecule has 0 radical (unpaired) electrons. The van der Waals surface area contributed by atoms with Crippen LogP contribution in [0.5, 0.6) is 5.75 Å². The smallest absolute Gasteiger partial charge is 0.127 e. The van der Waals surface area contributed by atoms with Gasteiger partial charge < -0.3 is 15.4 Å². The number of hydrogen-bond acceptors (Lipinski definition) is 3. The van der Waals surface area contributed by atoms with Gasteiger partial charge in [-0.3, -0.25) is 0 Å². The van der Waals surface area contributed by atoms with Gasteiger partial charge in [0.15, 0.2) is 0 Å². The van der Waals surface area contributed by atoms with Crippen molar-refractivity contribution < 1.29 is 4.74 Å². The molecular formula is C17H17BrN2O. The molecule has 0 fully saturated rings. The predicted octanol–water partition coefficient (Wildman–Crippen LogP) is 3.53. The van der Waals surface area contributed by atoms with Gasteiger partial charge in [-0.05, 0) is 35.7 Å². The third kappa shape index (κ3) is 2.18. The minimum absolute atomic E-state index is 0.789. The van der Waals surface area contributed by atoms with Gasteiger partial charge in [0.1, 0.15) is 5.75 Å². The van der Waals surface area contributed by atoms with E-state index in [2.05, 4.69) is 39.0 Å². The van der Waals surface area contributed by atoms with Gasteiger partial charge in [-0.2, -0.15) is 0 Å². The van der Waals surface area contributed by atoms with Crippen LogP contribution < -0.4 is 15.4 Å². The monoisotopic (exact) mass is 344 g/mol. The van der Waals surface area contributed by atoms with Crippen molar-refractivity contribution in [3.8, 4) is 5.75 Å². The maximum absolute atomic E-state index is 6.18. The Morgan fingerprint density at radius 2 is 2.10 bits per heavy atom. The first-order valence-electron chi connectivity index (χ1n) is 7.29. The van der Waals surface area contributed by atoms with Crippen molar-refractivity contribution in [1.29, 1.82) is 0 Å². The zero-order valence-corrected chi connectivity index (χ0v) is 13.3. The zero-order valence-electron chi connectivity index (χ0n) is 11.7. The molecule has 2 aromatic rings. The highest BCUT2D eigenvalue weighted by molar-refractivity contribution is 9.10. The van der Waals surface area contributed by atoms with Gasteiger partial charge in [0, 0.05) is 29.5 Å². The molecule has 0 saturated carbocycles. The Balaban J connectivity index is 1.71. The third-order valence-electron chi connectivity index (χ3n) is 4.30. The molecule has 0 atom stereocenters. The second-order valence-corrected chi connectivity index (χ2v) is 6.59. The molecule has 0 unspecified atom stereocenters. The van der Waals surface area contributed by atoms with Crippen molar-refractivity contribution in [2.24, 2.45) is 0 Å². The van der Waals surface area contributed by atoms with E-state index < -0.39 is 0 Å². The van der Waals surface area contributed by atoms with E-state index in [1.165, 1.54) is 22.4 Å². The number of para-hydroxylation sites is 1. The van der Waals surface area contributed by atoms with Crippen LogP contribution in [0.15, 0.2) is 34.8 Å². The van der Waals surface area contributed by atoms with E-state index in [0.29, 0.717) is 0 Å². The average Bonchev–Trinajstić information content (AvgIpc) is 3.06. The molecule has 0 aliphatic carbocycles. The fraction of sp³-hybridized carbons (Fsp3) is 0.294. The van der Waals surface area contributed by atoms with Gasteiger partial charge in [-0.25, -0.2) is 0 Å². The molecule has 4 heteroatoms. The minimum atomic E-state index is 0.789. The molecule has 0 aromatic heterocycles. The summed E-state index contributed by atoms with van der Waals surface area (Å²) in [6.07, 6.45) is 2.07. The Morgan fingerprint density at radius 1 is 1.19 bits per heavy atom. The number of nitrogens with zero attached hydrogens (tertiary/aromatic N) is 1. The molecule has 0 bridgehead atoms. The number of hydrogen-bond donors (Lipinski definition) is 1. The molecule has 2 N–H and O–H groups in total. The van der Waals surface area contributed by atoms with Crippen molar-refractivity contribution in [2.75, 3.05) is 23.8 Å². The van der Waals surface area contributed by atoms with Gasteiger partial charge in [-0.1, -0.05) is 28.1 Å². The number of fused-ring (bicyclic) bond motifs is 2. The van der Waals surface area contributed by atoms with Gasteiger partial charge in [-0.15, -0.1) is 0 Å². The number of nitrogens with two attached hydrogens (primary N) is 1. The number of halogens is 1. The number of anilines is 2. The highest BCUT2D eigenvalue weighted by atomic mass is 79.9. The molecule has 0 saturated heterocycles. The van der Waals surface area contributed by atoms with Crippen molar-refractivity contribution in [1.82, 2.24) is 0 Å². The summed E-state index contributed by atoms with van der Waals surface area (Å²) in [6, 6.07) is 10.5. The molecule has 2 aliphatic rings. The quantitative estimate of drug-likeness (QED) is 0.847. The van der Waals surface area contributed by atoms with E-state index in [0.717, 1.165) is 48.4 Å². The first kappa shape index (κ1) is 13.0. The van der Waals surface area contributed by atoms with E-state index in [9.17, 15) is 0 Å². The first-order valence-corrected chi connectivity index (χ1v) is 8.08. The summed E-state index contributed by atoms with van der Waals surface area (Å²) < 4.78 is 6.96. The van der Waals surface area contributed by atoms with E-state index in [4.69, 9.17) is 10.5 Å². The molecule has 2 aliphatic heterocycles. The van der Waals surface area contributed by atoms with E-state index >= 15 is 0 Å². The van der Waals surface area contributed by atoms with Gasteiger partial charge in [0.2, 0.25) is 0 Å². The molecule has 21 heavy (non-hydrogen) atoms. The van der Waals surface area contributed by atoms with Gasteiger partial charge in [0.25, 0.3) is 0 Å². The van der Waals surface area contributed by atoms with Crippen LogP contribution in [0.2, 0.25) is 0 Å². The van der Waals surface area contributed by atoms with Gasteiger partial charge in [0.05, 0.1) is 18.0 Å². The summed E-state index contributed by atoms with van der Waals surface area (Å²) in [5.74, 6) is 1.07. The fourth-order valence-corrected chi connectivity index (χ4v) is 3.95. The number of rotatable bonds is 2. The Labute approximate surface area is 132 Å². The lowest BCUT2D eigenvalue weighted by Crippen LogP contribution is -2.21. The molecule has 4 rings (SSSR count). The van der Waals surface area contributed by atoms with Crippen LogP contribution in [0, 0.1) is 0 Å². The van der Waals surface area contributed by atoms with Crippen LogP contribution in [0.4, 0.5) is 11.4 Å². The lowest BCUT2D eigenvalue weighted by atomic mass is 10.1. The summed E-state index contributed by atoms with van der Waals surface area (Å²) in [5, 5.41) is 0. The molecule has 0 amide bonds. The molecule has 2 aromatic carbocycles. The lowest BCUT2D eigenvalue weighted by Gasteiger charge is -2.22. The predicted molar refractivity (Wildman–Crippen MR) is 88.9 cm³/mol. The summed E-state index contributed by atoms with van der Waals surface area (Å²) in [5.41, 5.74) is 12.1. The lowest BCUT2D eigenvalue weighted by molar-refractivity contribution is 0.353. The number of benzene rings is 2. The van der Waals surface area contributed by atoms with Crippen LogP contribution in [-0.2, 0) is 19.4 Å². The van der Waals surface area contributed by atoms with Crippen LogP contribution in [-0.4, -0.2) is 13.2 Å². The third-order valence-corrected chi connectivity index (χ3v) is 4.76. The van der Waals surface area contributed by atoms with Crippen LogP contribution in [0.25, 0.3) is 0 Å². The van der Waals surface area contributed by atoms with E-state index in [-0.39, 0.29) is 0 Å². The standard InChI is InChI=1S/C17H17BrN2O/c18-14-8-12-5-7-21-17(12)13(9-14)10-20-6-4-11-2-1-3-15(19)16(11)20/h1-3,8-9H,4-7,10,19H2. The van der Waals surface area contributed by atoms with Gasteiger partial charge >= 0.3 is 0 Å². The van der Waals surface area contributed by atoms with Crippen molar-refractivity contribution in [2.45, 2.75) is 19.4 Å². The topological polar surface area (TPSA) is 38.5 Å². The highest BCUT2D eigenvalue weighted by Crippen LogP contribution is 2.38. The zero-order chi connectivity index (χ0) is 14.4. The van der Waals surface area contributed by atoms with Crippen LogP contribution >= 0.6 is 15.9 Å². The van der Waals surface area contributed by atoms with Crippen molar-refractivity contribution >= 4 is 27.3 Å². The van der Waals surface area contributed by atoms with Crippen LogP contribution in [0.1, 0.15) is 16.7 Å². The average molecular weight is 345 g/mol. The fourth-order valence-electron chi connectivity index (χ4n) is 3.39. The van der Waals surface area contributed by atoms with Crippen LogP contribution in [0.3, 0.4) is 0 Å². The SMILES string of the molecule is Nc1cccc2c1N(Cc1cc(Br)cc3c1OCC3)CC2. The Hall–Kier alpha value is -1.68. The Bertz CT molecular complexity index is 714. The summed E-state index contributed by atoms with van der Waals surface area (Å²) in [7, 11) is 0. The number of ether oxygens (including phenoxy) is 1. The summed E-state index contributed by atoms with van der Waals surface area (Å²) in [6.45, 7) is 2.66. The molecule has 0 spiro atoms. The van der Waals surface area contributed by atoms with E-state index in [1.54, 1.807) is 0 Å². The Kier molecular flexibility index (Phi) is 3.07. The summed E-state index contributed by atoms with van der Waals surface area (Å²) in [4.78, 5) is 2.37. The Morgan fingerprint density at radius 3 is 3.00 bits per heavy atom. The molecule has 3 nitrogen and oxygen atoms in total. The summed E-state index contributed by atoms with van der Waals surface area (Å²) >= 11 is 3.61. The molecular weight excluding hydrogens is 328 g/mol. The maximum Gasteiger partial charge on any atom is 0.127 e. The van der Waals surface area contributed by atoms with Crippen molar-refractivity contribution in [3.05, 3.63) is 51.5 Å².